The largest absolute Gasteiger partial charge is 0.481 e. The number of halogens is 1. The fourth-order valence-corrected chi connectivity index (χ4v) is 1.97. The van der Waals surface area contributed by atoms with Gasteiger partial charge >= 0.3 is 5.97 Å². The molecule has 2 rings (SSSR count). The van der Waals surface area contributed by atoms with Gasteiger partial charge in [0.1, 0.15) is 5.75 Å². The molecule has 0 unspecified atom stereocenters. The van der Waals surface area contributed by atoms with Crippen LogP contribution in [0.4, 0.5) is 0 Å². The molecule has 0 bridgehead atoms. The van der Waals surface area contributed by atoms with Crippen LogP contribution < -0.4 is 4.74 Å². The average Bonchev–Trinajstić information content (AvgIpc) is 2.46. The first kappa shape index (κ1) is 15.1. The van der Waals surface area contributed by atoms with Gasteiger partial charge in [0.2, 0.25) is 0 Å². The Morgan fingerprint density at radius 2 is 1.81 bits per heavy atom. The van der Waals surface area contributed by atoms with Gasteiger partial charge in [-0.05, 0) is 43.3 Å². The molecule has 2 aromatic rings. The van der Waals surface area contributed by atoms with E-state index in [0.29, 0.717) is 16.1 Å². The Hall–Kier alpha value is -2.33. The van der Waals surface area contributed by atoms with Crippen molar-refractivity contribution in [3.8, 4) is 5.75 Å². The number of benzene rings is 2. The van der Waals surface area contributed by atoms with Crippen LogP contribution in [0.5, 0.6) is 5.75 Å². The SMILES string of the molecule is Cc1ccc(OCC(=O)O)c(C(=O)c2ccc(Cl)cc2)c1. The lowest BCUT2D eigenvalue weighted by atomic mass is 10.0. The first-order chi connectivity index (χ1) is 9.97. The van der Waals surface area contributed by atoms with Crippen LogP contribution in [0.3, 0.4) is 0 Å². The van der Waals surface area contributed by atoms with Crippen LogP contribution in [0.2, 0.25) is 5.02 Å². The second-order valence-corrected chi connectivity index (χ2v) is 4.95. The van der Waals surface area contributed by atoms with E-state index in [0.717, 1.165) is 5.56 Å². The monoisotopic (exact) mass is 304 g/mol. The van der Waals surface area contributed by atoms with Crippen molar-refractivity contribution in [1.82, 2.24) is 0 Å². The summed E-state index contributed by atoms with van der Waals surface area (Å²) < 4.78 is 5.17. The minimum Gasteiger partial charge on any atom is -0.481 e. The van der Waals surface area contributed by atoms with Gasteiger partial charge in [-0.15, -0.1) is 0 Å². The van der Waals surface area contributed by atoms with Crippen molar-refractivity contribution in [2.75, 3.05) is 6.61 Å². The highest BCUT2D eigenvalue weighted by Crippen LogP contribution is 2.24. The summed E-state index contributed by atoms with van der Waals surface area (Å²) in [7, 11) is 0. The number of ketones is 1. The van der Waals surface area contributed by atoms with E-state index >= 15 is 0 Å². The molecular formula is C16H13ClO4. The zero-order valence-electron chi connectivity index (χ0n) is 11.3. The van der Waals surface area contributed by atoms with Crippen molar-refractivity contribution in [1.29, 1.82) is 0 Å². The van der Waals surface area contributed by atoms with Gasteiger partial charge in [-0.25, -0.2) is 4.79 Å². The molecule has 0 aromatic heterocycles. The highest BCUT2D eigenvalue weighted by Gasteiger charge is 2.16. The molecule has 4 nitrogen and oxygen atoms in total. The minimum atomic E-state index is -1.10. The molecule has 0 aliphatic rings. The fraction of sp³-hybridized carbons (Fsp3) is 0.125. The number of carbonyl (C=O) groups excluding carboxylic acids is 1. The number of aliphatic carboxylic acids is 1. The lowest BCUT2D eigenvalue weighted by Gasteiger charge is -2.10. The van der Waals surface area contributed by atoms with Crippen molar-refractivity contribution in [2.45, 2.75) is 6.92 Å². The van der Waals surface area contributed by atoms with Crippen LogP contribution in [0.15, 0.2) is 42.5 Å². The lowest BCUT2D eigenvalue weighted by molar-refractivity contribution is -0.139. The van der Waals surface area contributed by atoms with Crippen LogP contribution in [-0.4, -0.2) is 23.5 Å². The molecule has 0 heterocycles. The quantitative estimate of drug-likeness (QED) is 0.860. The van der Waals surface area contributed by atoms with E-state index in [4.69, 9.17) is 21.4 Å². The third kappa shape index (κ3) is 3.83. The summed E-state index contributed by atoms with van der Waals surface area (Å²) >= 11 is 5.80. The van der Waals surface area contributed by atoms with E-state index in [1.54, 1.807) is 42.5 Å². The normalized spacial score (nSPS) is 10.2. The van der Waals surface area contributed by atoms with Gasteiger partial charge in [0.15, 0.2) is 12.4 Å². The molecular weight excluding hydrogens is 292 g/mol. The van der Waals surface area contributed by atoms with E-state index in [-0.39, 0.29) is 11.5 Å². The number of carboxylic acids is 1. The Morgan fingerprint density at radius 3 is 2.43 bits per heavy atom. The second-order valence-electron chi connectivity index (χ2n) is 4.52. The van der Waals surface area contributed by atoms with E-state index in [2.05, 4.69) is 0 Å². The van der Waals surface area contributed by atoms with E-state index in [1.165, 1.54) is 0 Å². The van der Waals surface area contributed by atoms with Crippen molar-refractivity contribution in [2.24, 2.45) is 0 Å². The Bertz CT molecular complexity index is 677. The molecule has 1 N–H and O–H groups in total. The molecule has 5 heteroatoms. The van der Waals surface area contributed by atoms with Crippen LogP contribution in [-0.2, 0) is 4.79 Å². The fourth-order valence-electron chi connectivity index (χ4n) is 1.84. The number of carboxylic acid groups (broad SMARTS) is 1. The average molecular weight is 305 g/mol. The number of hydrogen-bond donors (Lipinski definition) is 1. The summed E-state index contributed by atoms with van der Waals surface area (Å²) in [6.07, 6.45) is 0. The highest BCUT2D eigenvalue weighted by molar-refractivity contribution is 6.30. The van der Waals surface area contributed by atoms with Crippen LogP contribution in [0.1, 0.15) is 21.5 Å². The van der Waals surface area contributed by atoms with Gasteiger partial charge in [-0.1, -0.05) is 23.2 Å². The molecule has 0 radical (unpaired) electrons. The zero-order chi connectivity index (χ0) is 15.4. The Labute approximate surface area is 126 Å². The van der Waals surface area contributed by atoms with E-state index in [1.807, 2.05) is 6.92 Å². The molecule has 0 fully saturated rings. The molecule has 0 aliphatic heterocycles. The third-order valence-corrected chi connectivity index (χ3v) is 3.09. The molecule has 0 atom stereocenters. The number of hydrogen-bond acceptors (Lipinski definition) is 3. The molecule has 108 valence electrons. The zero-order valence-corrected chi connectivity index (χ0v) is 12.1. The predicted octanol–water partition coefficient (Wildman–Crippen LogP) is 3.34. The summed E-state index contributed by atoms with van der Waals surface area (Å²) in [6, 6.07) is 11.5. The molecule has 0 saturated heterocycles. The first-order valence-electron chi connectivity index (χ1n) is 6.23. The summed E-state index contributed by atoms with van der Waals surface area (Å²) in [5.41, 5.74) is 1.68. The van der Waals surface area contributed by atoms with Crippen molar-refractivity contribution < 1.29 is 19.4 Å². The van der Waals surface area contributed by atoms with Gasteiger partial charge in [-0.3, -0.25) is 4.79 Å². The second kappa shape index (κ2) is 6.41. The summed E-state index contributed by atoms with van der Waals surface area (Å²) in [5, 5.41) is 9.22. The molecule has 0 amide bonds. The van der Waals surface area contributed by atoms with Gasteiger partial charge in [-0.2, -0.15) is 0 Å². The van der Waals surface area contributed by atoms with Crippen LogP contribution >= 0.6 is 11.6 Å². The maximum Gasteiger partial charge on any atom is 0.341 e. The first-order valence-corrected chi connectivity index (χ1v) is 6.60. The number of carbonyl (C=O) groups is 2. The van der Waals surface area contributed by atoms with Gasteiger partial charge < -0.3 is 9.84 Å². The number of ether oxygens (including phenoxy) is 1. The summed E-state index contributed by atoms with van der Waals surface area (Å²) in [5.74, 6) is -1.08. The van der Waals surface area contributed by atoms with E-state index in [9.17, 15) is 9.59 Å². The Morgan fingerprint density at radius 1 is 1.14 bits per heavy atom. The van der Waals surface area contributed by atoms with E-state index < -0.39 is 12.6 Å². The Balaban J connectivity index is 2.36. The molecule has 2 aromatic carbocycles. The summed E-state index contributed by atoms with van der Waals surface area (Å²) in [6.45, 7) is 1.35. The minimum absolute atomic E-state index is 0.240. The predicted molar refractivity (Wildman–Crippen MR) is 79.2 cm³/mol. The highest BCUT2D eigenvalue weighted by atomic mass is 35.5. The standard InChI is InChI=1S/C16H13ClO4/c1-10-2-7-14(21-9-15(18)19)13(8-10)16(20)11-3-5-12(17)6-4-11/h2-8H,9H2,1H3,(H,18,19). The van der Waals surface area contributed by atoms with Crippen molar-refractivity contribution in [3.63, 3.8) is 0 Å². The maximum absolute atomic E-state index is 12.5. The molecule has 0 spiro atoms. The molecule has 0 aliphatic carbocycles. The van der Waals surface area contributed by atoms with Gasteiger partial charge in [0, 0.05) is 10.6 Å². The van der Waals surface area contributed by atoms with Gasteiger partial charge in [0.25, 0.3) is 0 Å². The Kier molecular flexibility index (Phi) is 4.60. The van der Waals surface area contributed by atoms with Crippen molar-refractivity contribution >= 4 is 23.4 Å². The number of rotatable bonds is 5. The maximum atomic E-state index is 12.5. The van der Waals surface area contributed by atoms with Gasteiger partial charge in [0.05, 0.1) is 5.56 Å². The van der Waals surface area contributed by atoms with Crippen molar-refractivity contribution in [3.05, 3.63) is 64.2 Å². The van der Waals surface area contributed by atoms with Crippen LogP contribution in [0, 0.1) is 6.92 Å². The summed E-state index contributed by atoms with van der Waals surface area (Å²) in [4.78, 5) is 23.1. The topological polar surface area (TPSA) is 63.6 Å². The van der Waals surface area contributed by atoms with Crippen LogP contribution in [0.25, 0.3) is 0 Å². The number of aryl methyl sites for hydroxylation is 1. The third-order valence-electron chi connectivity index (χ3n) is 2.84. The lowest BCUT2D eigenvalue weighted by Crippen LogP contribution is -2.12. The molecule has 21 heavy (non-hydrogen) atoms. The molecule has 0 saturated carbocycles. The smallest absolute Gasteiger partial charge is 0.341 e.